The molecule has 0 aliphatic carbocycles. The van der Waals surface area contributed by atoms with Crippen LogP contribution in [0.2, 0.25) is 0 Å². The quantitative estimate of drug-likeness (QED) is 0.751. The fourth-order valence-corrected chi connectivity index (χ4v) is 1.81. The predicted molar refractivity (Wildman–Crippen MR) is 57.9 cm³/mol. The summed E-state index contributed by atoms with van der Waals surface area (Å²) < 4.78 is 0. The van der Waals surface area contributed by atoms with Crippen molar-refractivity contribution in [3.63, 3.8) is 0 Å². The predicted octanol–water partition coefficient (Wildman–Crippen LogP) is 0.621. The van der Waals surface area contributed by atoms with Crippen LogP contribution in [-0.4, -0.2) is 42.2 Å². The van der Waals surface area contributed by atoms with Gasteiger partial charge in [-0.25, -0.2) is 5.06 Å². The first-order valence-corrected chi connectivity index (χ1v) is 6.34. The Bertz CT molecular complexity index is 184. The standard InChI is InChI=1S/C9H18N2O2S/c1-14-7-4-8(10)9(12)11-5-2-3-6-13-11/h8H,2-7,10H2,1H3/t8-/m1/s1. The van der Waals surface area contributed by atoms with Gasteiger partial charge in [-0.1, -0.05) is 0 Å². The molecule has 1 amide bonds. The molecule has 0 radical (unpaired) electrons. The number of hydrogen-bond acceptors (Lipinski definition) is 4. The first-order valence-electron chi connectivity index (χ1n) is 4.94. The third-order valence-corrected chi connectivity index (χ3v) is 2.84. The lowest BCUT2D eigenvalue weighted by Crippen LogP contribution is -2.46. The number of amides is 1. The van der Waals surface area contributed by atoms with E-state index >= 15 is 0 Å². The van der Waals surface area contributed by atoms with Gasteiger partial charge in [0.2, 0.25) is 0 Å². The summed E-state index contributed by atoms with van der Waals surface area (Å²) in [7, 11) is 0. The number of nitrogens with zero attached hydrogens (tertiary/aromatic N) is 1. The average molecular weight is 218 g/mol. The van der Waals surface area contributed by atoms with Gasteiger partial charge in [-0.05, 0) is 31.3 Å². The van der Waals surface area contributed by atoms with E-state index in [1.54, 1.807) is 11.8 Å². The van der Waals surface area contributed by atoms with Crippen LogP contribution in [-0.2, 0) is 9.63 Å². The molecule has 0 aromatic heterocycles. The van der Waals surface area contributed by atoms with Crippen molar-refractivity contribution in [2.75, 3.05) is 25.2 Å². The van der Waals surface area contributed by atoms with Crippen molar-refractivity contribution in [1.29, 1.82) is 0 Å². The highest BCUT2D eigenvalue weighted by atomic mass is 32.2. The fourth-order valence-electron chi connectivity index (χ4n) is 1.32. The summed E-state index contributed by atoms with van der Waals surface area (Å²) in [6.45, 7) is 1.33. The van der Waals surface area contributed by atoms with Gasteiger partial charge in [-0.3, -0.25) is 9.63 Å². The zero-order valence-electron chi connectivity index (χ0n) is 8.57. The van der Waals surface area contributed by atoms with Crippen molar-refractivity contribution < 1.29 is 9.63 Å². The summed E-state index contributed by atoms with van der Waals surface area (Å²) in [6.07, 6.45) is 4.78. The van der Waals surface area contributed by atoms with Gasteiger partial charge < -0.3 is 5.73 Å². The second-order valence-electron chi connectivity index (χ2n) is 3.37. The molecule has 0 spiro atoms. The molecule has 82 valence electrons. The molecular formula is C9H18N2O2S. The molecule has 0 aromatic rings. The highest BCUT2D eigenvalue weighted by molar-refractivity contribution is 7.98. The highest BCUT2D eigenvalue weighted by Crippen LogP contribution is 2.09. The van der Waals surface area contributed by atoms with Crippen molar-refractivity contribution in [3.05, 3.63) is 0 Å². The molecule has 0 bridgehead atoms. The van der Waals surface area contributed by atoms with E-state index in [1.807, 2.05) is 6.26 Å². The lowest BCUT2D eigenvalue weighted by atomic mass is 10.2. The minimum Gasteiger partial charge on any atom is -0.320 e. The number of rotatable bonds is 4. The summed E-state index contributed by atoms with van der Waals surface area (Å²) >= 11 is 1.70. The number of nitrogens with two attached hydrogens (primary N) is 1. The number of carbonyl (C=O) groups excluding carboxylic acids is 1. The zero-order chi connectivity index (χ0) is 10.4. The molecule has 1 heterocycles. The minimum atomic E-state index is -0.402. The first kappa shape index (κ1) is 11.8. The van der Waals surface area contributed by atoms with Crippen LogP contribution >= 0.6 is 11.8 Å². The Labute approximate surface area is 89.1 Å². The summed E-state index contributed by atoms with van der Waals surface area (Å²) in [4.78, 5) is 16.9. The highest BCUT2D eigenvalue weighted by Gasteiger charge is 2.23. The molecule has 5 heteroatoms. The molecule has 1 aliphatic rings. The van der Waals surface area contributed by atoms with E-state index in [0.29, 0.717) is 13.2 Å². The van der Waals surface area contributed by atoms with E-state index in [9.17, 15) is 4.79 Å². The van der Waals surface area contributed by atoms with Crippen molar-refractivity contribution in [3.8, 4) is 0 Å². The van der Waals surface area contributed by atoms with E-state index in [-0.39, 0.29) is 5.91 Å². The SMILES string of the molecule is CSCC[C@@H](N)C(=O)N1CCCCO1. The number of hydroxylamine groups is 2. The van der Waals surface area contributed by atoms with Gasteiger partial charge in [0.15, 0.2) is 0 Å². The molecule has 0 saturated carbocycles. The molecule has 1 aliphatic heterocycles. The molecule has 4 nitrogen and oxygen atoms in total. The third-order valence-electron chi connectivity index (χ3n) is 2.20. The molecule has 2 N–H and O–H groups in total. The van der Waals surface area contributed by atoms with Crippen LogP contribution in [0.25, 0.3) is 0 Å². The minimum absolute atomic E-state index is 0.0706. The Balaban J connectivity index is 2.30. The van der Waals surface area contributed by atoms with Gasteiger partial charge in [-0.15, -0.1) is 0 Å². The third kappa shape index (κ3) is 3.48. The van der Waals surface area contributed by atoms with Gasteiger partial charge in [0, 0.05) is 6.54 Å². The van der Waals surface area contributed by atoms with Crippen molar-refractivity contribution in [2.45, 2.75) is 25.3 Å². The van der Waals surface area contributed by atoms with Gasteiger partial charge in [0.25, 0.3) is 5.91 Å². The summed E-state index contributed by atoms with van der Waals surface area (Å²) in [5.74, 6) is 0.847. The molecule has 14 heavy (non-hydrogen) atoms. The number of hydrogen-bond donors (Lipinski definition) is 1. The van der Waals surface area contributed by atoms with Crippen LogP contribution in [0.4, 0.5) is 0 Å². The van der Waals surface area contributed by atoms with E-state index in [2.05, 4.69) is 0 Å². The van der Waals surface area contributed by atoms with Gasteiger partial charge in [0.05, 0.1) is 12.6 Å². The number of thioether (sulfide) groups is 1. The van der Waals surface area contributed by atoms with E-state index < -0.39 is 6.04 Å². The molecule has 1 rings (SSSR count). The largest absolute Gasteiger partial charge is 0.320 e. The lowest BCUT2D eigenvalue weighted by molar-refractivity contribution is -0.198. The van der Waals surface area contributed by atoms with Crippen molar-refractivity contribution in [1.82, 2.24) is 5.06 Å². The lowest BCUT2D eigenvalue weighted by Gasteiger charge is -2.28. The summed E-state index contributed by atoms with van der Waals surface area (Å²) in [5.41, 5.74) is 5.75. The molecular weight excluding hydrogens is 200 g/mol. The van der Waals surface area contributed by atoms with Crippen LogP contribution in [0, 0.1) is 0 Å². The molecule has 1 fully saturated rings. The van der Waals surface area contributed by atoms with Crippen molar-refractivity contribution >= 4 is 17.7 Å². The van der Waals surface area contributed by atoms with Crippen LogP contribution in [0.3, 0.4) is 0 Å². The van der Waals surface area contributed by atoms with E-state index in [0.717, 1.165) is 25.0 Å². The monoisotopic (exact) mass is 218 g/mol. The Morgan fingerprint density at radius 1 is 1.64 bits per heavy atom. The molecule has 0 unspecified atom stereocenters. The summed E-state index contributed by atoms with van der Waals surface area (Å²) in [6, 6.07) is -0.402. The second-order valence-corrected chi connectivity index (χ2v) is 4.35. The number of carbonyl (C=O) groups is 1. The molecule has 1 atom stereocenters. The summed E-state index contributed by atoms with van der Waals surface area (Å²) in [5, 5.41) is 1.43. The second kappa shape index (κ2) is 6.27. The van der Waals surface area contributed by atoms with Crippen molar-refractivity contribution in [2.24, 2.45) is 5.73 Å². The van der Waals surface area contributed by atoms with Gasteiger partial charge in [-0.2, -0.15) is 11.8 Å². The Morgan fingerprint density at radius 2 is 2.43 bits per heavy atom. The molecule has 0 aromatic carbocycles. The Kier molecular flexibility index (Phi) is 5.29. The van der Waals surface area contributed by atoms with E-state index in [1.165, 1.54) is 5.06 Å². The average Bonchev–Trinajstić information content (AvgIpc) is 2.26. The Hall–Kier alpha value is -0.260. The topological polar surface area (TPSA) is 55.6 Å². The zero-order valence-corrected chi connectivity index (χ0v) is 9.39. The van der Waals surface area contributed by atoms with Gasteiger partial charge in [0.1, 0.15) is 0 Å². The van der Waals surface area contributed by atoms with Crippen LogP contribution < -0.4 is 5.73 Å². The maximum Gasteiger partial charge on any atom is 0.263 e. The Morgan fingerprint density at radius 3 is 3.00 bits per heavy atom. The van der Waals surface area contributed by atoms with Crippen LogP contribution in [0.5, 0.6) is 0 Å². The van der Waals surface area contributed by atoms with Crippen LogP contribution in [0.1, 0.15) is 19.3 Å². The maximum absolute atomic E-state index is 11.7. The first-order chi connectivity index (χ1) is 6.75. The fraction of sp³-hybridized carbons (Fsp3) is 0.889. The maximum atomic E-state index is 11.7. The van der Waals surface area contributed by atoms with Crippen LogP contribution in [0.15, 0.2) is 0 Å². The normalized spacial score (nSPS) is 19.4. The van der Waals surface area contributed by atoms with Gasteiger partial charge >= 0.3 is 0 Å². The molecule has 1 saturated heterocycles. The van der Waals surface area contributed by atoms with E-state index in [4.69, 9.17) is 10.6 Å². The smallest absolute Gasteiger partial charge is 0.263 e.